The molecule has 0 atom stereocenters. The van der Waals surface area contributed by atoms with Crippen molar-refractivity contribution in [2.75, 3.05) is 0 Å². The molecule has 2 nitrogen and oxygen atoms in total. The number of aromatic nitrogens is 2. The highest BCUT2D eigenvalue weighted by molar-refractivity contribution is 5.85. The van der Waals surface area contributed by atoms with E-state index in [-0.39, 0.29) is 5.41 Å². The van der Waals surface area contributed by atoms with Crippen LogP contribution in [0.4, 0.5) is 0 Å². The summed E-state index contributed by atoms with van der Waals surface area (Å²) < 4.78 is 0. The molecule has 262 valence electrons. The number of fused-ring (bicyclic) bond motifs is 3. The largest absolute Gasteiger partial charge is 0.256 e. The minimum absolute atomic E-state index is 0.0283. The third-order valence-electron chi connectivity index (χ3n) is 11.2. The number of hydrogen-bond acceptors (Lipinski definition) is 2. The lowest BCUT2D eigenvalue weighted by Crippen LogP contribution is -2.25. The highest BCUT2D eigenvalue weighted by atomic mass is 14.7. The minimum Gasteiger partial charge on any atom is -0.256 e. The molecule has 1 aliphatic rings. The van der Waals surface area contributed by atoms with Crippen LogP contribution in [0.1, 0.15) is 166 Å². The predicted molar refractivity (Wildman–Crippen MR) is 212 cm³/mol. The van der Waals surface area contributed by atoms with Gasteiger partial charge in [-0.1, -0.05) is 179 Å². The van der Waals surface area contributed by atoms with Gasteiger partial charge in [0.1, 0.15) is 0 Å². The lowest BCUT2D eigenvalue weighted by molar-refractivity contribution is 0.397. The monoisotopic (exact) mass is 657 g/mol. The molecule has 0 amide bonds. The Morgan fingerprint density at radius 2 is 0.776 bits per heavy atom. The zero-order valence-corrected chi connectivity index (χ0v) is 31.0. The first-order valence-corrected chi connectivity index (χ1v) is 20.4. The van der Waals surface area contributed by atoms with Crippen LogP contribution in [-0.4, -0.2) is 9.97 Å². The molecule has 0 bridgehead atoms. The van der Waals surface area contributed by atoms with Crippen LogP contribution in [0.25, 0.3) is 33.6 Å². The third kappa shape index (κ3) is 10.4. The average Bonchev–Trinajstić information content (AvgIpc) is 3.42. The molecule has 49 heavy (non-hydrogen) atoms. The summed E-state index contributed by atoms with van der Waals surface area (Å²) in [4.78, 5) is 9.54. The van der Waals surface area contributed by atoms with Crippen LogP contribution in [0, 0.1) is 0 Å². The van der Waals surface area contributed by atoms with Crippen LogP contribution in [0.5, 0.6) is 0 Å². The van der Waals surface area contributed by atoms with E-state index in [1.54, 1.807) is 0 Å². The maximum Gasteiger partial charge on any atom is 0.0702 e. The first kappa shape index (κ1) is 37.0. The van der Waals surface area contributed by atoms with Crippen molar-refractivity contribution in [1.82, 2.24) is 9.97 Å². The molecular weight excluding hydrogens is 593 g/mol. The van der Waals surface area contributed by atoms with Gasteiger partial charge in [-0.05, 0) is 71.5 Å². The van der Waals surface area contributed by atoms with Gasteiger partial charge in [0.15, 0.2) is 0 Å². The molecule has 0 spiro atoms. The van der Waals surface area contributed by atoms with Gasteiger partial charge in [0.25, 0.3) is 0 Å². The number of benzene rings is 2. The molecule has 2 aromatic carbocycles. The fourth-order valence-corrected chi connectivity index (χ4v) is 8.37. The lowest BCUT2D eigenvalue weighted by Gasteiger charge is -2.33. The maximum absolute atomic E-state index is 4.77. The minimum atomic E-state index is 0.0283. The normalized spacial score (nSPS) is 13.0. The fourth-order valence-electron chi connectivity index (χ4n) is 8.37. The molecule has 0 fully saturated rings. The quantitative estimate of drug-likeness (QED) is 0.0701. The van der Waals surface area contributed by atoms with Crippen LogP contribution in [0.2, 0.25) is 0 Å². The molecule has 0 saturated carbocycles. The van der Waals surface area contributed by atoms with E-state index in [0.29, 0.717) is 0 Å². The standard InChI is InChI=1S/C47H64N2/c1-3-5-7-9-11-13-15-17-19-23-33-47(34-24-20-18-16-14-12-10-8-6-4-2)43-37-39(45-27-21-25-35-48-45)29-31-41(43)42-32-30-40(38-44(42)47)46-28-22-26-36-49-46/h21-22,25-32,35-38H,3-20,23-24,33-34H2,1-2H3. The predicted octanol–water partition coefficient (Wildman–Crippen LogP) is 14.7. The van der Waals surface area contributed by atoms with Gasteiger partial charge in [-0.2, -0.15) is 0 Å². The molecule has 2 heteroatoms. The van der Waals surface area contributed by atoms with Crippen molar-refractivity contribution in [3.8, 4) is 33.6 Å². The molecule has 0 saturated heterocycles. The maximum atomic E-state index is 4.77. The van der Waals surface area contributed by atoms with Crippen LogP contribution in [-0.2, 0) is 5.41 Å². The van der Waals surface area contributed by atoms with Crippen LogP contribution < -0.4 is 0 Å². The van der Waals surface area contributed by atoms with Crippen molar-refractivity contribution in [2.24, 2.45) is 0 Å². The van der Waals surface area contributed by atoms with E-state index >= 15 is 0 Å². The van der Waals surface area contributed by atoms with E-state index in [4.69, 9.17) is 9.97 Å². The summed E-state index contributed by atoms with van der Waals surface area (Å²) in [6.07, 6.45) is 33.8. The van der Waals surface area contributed by atoms with E-state index in [1.807, 2.05) is 24.5 Å². The highest BCUT2D eigenvalue weighted by Crippen LogP contribution is 2.55. The first-order valence-electron chi connectivity index (χ1n) is 20.4. The Morgan fingerprint density at radius 3 is 1.12 bits per heavy atom. The summed E-state index contributed by atoms with van der Waals surface area (Å²) in [5.41, 5.74) is 10.6. The second kappa shape index (κ2) is 20.4. The van der Waals surface area contributed by atoms with Crippen molar-refractivity contribution in [3.05, 3.63) is 96.3 Å². The zero-order valence-electron chi connectivity index (χ0n) is 31.0. The summed E-state index contributed by atoms with van der Waals surface area (Å²) in [5, 5.41) is 0. The van der Waals surface area contributed by atoms with E-state index in [9.17, 15) is 0 Å². The fraction of sp³-hybridized carbons (Fsp3) is 0.532. The summed E-state index contributed by atoms with van der Waals surface area (Å²) in [6, 6.07) is 27.0. The van der Waals surface area contributed by atoms with Gasteiger partial charge in [-0.15, -0.1) is 0 Å². The molecule has 2 heterocycles. The third-order valence-corrected chi connectivity index (χ3v) is 11.2. The van der Waals surface area contributed by atoms with Crippen molar-refractivity contribution in [2.45, 2.75) is 161 Å². The second-order valence-electron chi connectivity index (χ2n) is 14.9. The molecule has 0 unspecified atom stereocenters. The van der Waals surface area contributed by atoms with E-state index in [0.717, 1.165) is 11.4 Å². The van der Waals surface area contributed by atoms with Crippen molar-refractivity contribution in [3.63, 3.8) is 0 Å². The SMILES string of the molecule is CCCCCCCCCCCCC1(CCCCCCCCCCCC)c2cc(-c3ccccn3)ccc2-c2ccc(-c3ccccn3)cc21. The van der Waals surface area contributed by atoms with E-state index in [1.165, 1.54) is 175 Å². The number of unbranched alkanes of at least 4 members (excludes halogenated alkanes) is 18. The Bertz CT molecular complexity index is 1380. The second-order valence-corrected chi connectivity index (χ2v) is 14.9. The summed E-state index contributed by atoms with van der Waals surface area (Å²) in [5.74, 6) is 0. The molecule has 0 N–H and O–H groups in total. The Labute approximate surface area is 299 Å². The molecule has 0 aliphatic heterocycles. The summed E-state index contributed by atoms with van der Waals surface area (Å²) >= 11 is 0. The van der Waals surface area contributed by atoms with Crippen molar-refractivity contribution < 1.29 is 0 Å². The molecule has 1 aliphatic carbocycles. The summed E-state index contributed by atoms with van der Waals surface area (Å²) in [7, 11) is 0. The molecule has 5 rings (SSSR count). The smallest absolute Gasteiger partial charge is 0.0702 e. The van der Waals surface area contributed by atoms with Gasteiger partial charge in [0.2, 0.25) is 0 Å². The topological polar surface area (TPSA) is 25.8 Å². The van der Waals surface area contributed by atoms with Gasteiger partial charge in [-0.3, -0.25) is 9.97 Å². The Balaban J connectivity index is 1.37. The molecular formula is C47H64N2. The Hall–Kier alpha value is -3.26. The first-order chi connectivity index (χ1) is 24.3. The van der Waals surface area contributed by atoms with E-state index in [2.05, 4.69) is 74.5 Å². The summed E-state index contributed by atoms with van der Waals surface area (Å²) in [6.45, 7) is 4.62. The average molecular weight is 657 g/mol. The molecule has 0 radical (unpaired) electrons. The van der Waals surface area contributed by atoms with Gasteiger partial charge in [0.05, 0.1) is 11.4 Å². The van der Waals surface area contributed by atoms with Crippen molar-refractivity contribution >= 4 is 0 Å². The van der Waals surface area contributed by atoms with Crippen molar-refractivity contribution in [1.29, 1.82) is 0 Å². The highest BCUT2D eigenvalue weighted by Gasteiger charge is 2.42. The number of rotatable bonds is 24. The molecule has 2 aromatic heterocycles. The van der Waals surface area contributed by atoms with Gasteiger partial charge in [0, 0.05) is 28.9 Å². The Morgan fingerprint density at radius 1 is 0.408 bits per heavy atom. The van der Waals surface area contributed by atoms with Gasteiger partial charge in [-0.25, -0.2) is 0 Å². The molecule has 4 aromatic rings. The van der Waals surface area contributed by atoms with Crippen LogP contribution in [0.15, 0.2) is 85.2 Å². The number of hydrogen-bond donors (Lipinski definition) is 0. The Kier molecular flexibility index (Phi) is 15.4. The lowest BCUT2D eigenvalue weighted by atomic mass is 9.70. The van der Waals surface area contributed by atoms with Crippen LogP contribution >= 0.6 is 0 Å². The number of pyridine rings is 2. The zero-order chi connectivity index (χ0) is 34.0. The van der Waals surface area contributed by atoms with Gasteiger partial charge >= 0.3 is 0 Å². The van der Waals surface area contributed by atoms with Gasteiger partial charge < -0.3 is 0 Å². The van der Waals surface area contributed by atoms with E-state index < -0.39 is 0 Å². The number of nitrogens with zero attached hydrogens (tertiary/aromatic N) is 2. The van der Waals surface area contributed by atoms with Crippen LogP contribution in [0.3, 0.4) is 0 Å².